The number of rotatable bonds is 5. The third kappa shape index (κ3) is 3.60. The molecular formula is C20H24N2O3S. The zero-order chi connectivity index (χ0) is 18.5. The zero-order valence-electron chi connectivity index (χ0n) is 15.3. The van der Waals surface area contributed by atoms with Gasteiger partial charge < -0.3 is 19.7 Å². The number of nitrogens with one attached hydrogen (secondary N) is 1. The van der Waals surface area contributed by atoms with Crippen molar-refractivity contribution in [3.05, 3.63) is 53.6 Å². The fourth-order valence-corrected chi connectivity index (χ4v) is 4.45. The van der Waals surface area contributed by atoms with E-state index in [0.29, 0.717) is 18.0 Å². The fourth-order valence-electron chi connectivity index (χ4n) is 3.18. The third-order valence-electron chi connectivity index (χ3n) is 4.49. The lowest BCUT2D eigenvalue weighted by Gasteiger charge is -2.26. The molecule has 2 aromatic rings. The Morgan fingerprint density at radius 3 is 2.73 bits per heavy atom. The van der Waals surface area contributed by atoms with E-state index in [1.165, 1.54) is 0 Å². The highest BCUT2D eigenvalue weighted by atomic mass is 32.2. The molecule has 1 aliphatic heterocycles. The number of benzene rings is 2. The lowest BCUT2D eigenvalue weighted by molar-refractivity contribution is 0.213. The number of amides is 2. The van der Waals surface area contributed by atoms with Gasteiger partial charge in [-0.2, -0.15) is 0 Å². The average molecular weight is 372 g/mol. The van der Waals surface area contributed by atoms with Crippen LogP contribution in [0.15, 0.2) is 42.5 Å². The molecule has 0 saturated carbocycles. The monoisotopic (exact) mass is 372 g/mol. The van der Waals surface area contributed by atoms with Gasteiger partial charge in [0.05, 0.1) is 14.2 Å². The largest absolute Gasteiger partial charge is 0.493 e. The van der Waals surface area contributed by atoms with E-state index in [1.807, 2.05) is 47.4 Å². The van der Waals surface area contributed by atoms with Crippen molar-refractivity contribution in [2.24, 2.45) is 0 Å². The number of ether oxygens (including phenoxy) is 2. The lowest BCUT2D eigenvalue weighted by Crippen LogP contribution is -2.34. The van der Waals surface area contributed by atoms with Gasteiger partial charge in [-0.05, 0) is 24.1 Å². The number of thioether (sulfide) groups is 1. The lowest BCUT2D eigenvalue weighted by atomic mass is 10.1. The first-order valence-corrected chi connectivity index (χ1v) is 9.72. The number of methoxy groups -OCH3 is 2. The molecular weight excluding hydrogens is 348 g/mol. The molecule has 1 fully saturated rings. The number of carbonyl (C=O) groups is 1. The van der Waals surface area contributed by atoms with E-state index in [1.54, 1.807) is 26.0 Å². The van der Waals surface area contributed by atoms with E-state index in [-0.39, 0.29) is 11.4 Å². The maximum atomic E-state index is 13.0. The summed E-state index contributed by atoms with van der Waals surface area (Å²) in [7, 11) is 3.25. The van der Waals surface area contributed by atoms with Crippen LogP contribution in [0.4, 0.5) is 10.5 Å². The highest BCUT2D eigenvalue weighted by Gasteiger charge is 2.33. The number of para-hydroxylation sites is 2. The van der Waals surface area contributed by atoms with E-state index in [4.69, 9.17) is 9.47 Å². The molecule has 3 rings (SSSR count). The SMILES string of the molecule is CCc1ccccc1NC(=O)N1CCS[C@H]1c1cccc(OC)c1OC. The van der Waals surface area contributed by atoms with Gasteiger partial charge in [0, 0.05) is 23.5 Å². The molecule has 1 saturated heterocycles. The number of aryl methyl sites for hydroxylation is 1. The zero-order valence-corrected chi connectivity index (χ0v) is 16.1. The Kier molecular flexibility index (Phi) is 5.93. The standard InChI is InChI=1S/C20H24N2O3S/c1-4-14-8-5-6-10-16(14)21-20(23)22-12-13-26-19(22)15-9-7-11-17(24-2)18(15)25-3/h5-11,19H,4,12-13H2,1-3H3,(H,21,23)/t19-/m0/s1. The van der Waals surface area contributed by atoms with Crippen molar-refractivity contribution in [3.8, 4) is 11.5 Å². The van der Waals surface area contributed by atoms with Gasteiger partial charge in [-0.3, -0.25) is 0 Å². The predicted molar refractivity (Wildman–Crippen MR) is 106 cm³/mol. The molecule has 1 aliphatic rings. The summed E-state index contributed by atoms with van der Waals surface area (Å²) in [5.74, 6) is 2.24. The maximum absolute atomic E-state index is 13.0. The molecule has 6 heteroatoms. The van der Waals surface area contributed by atoms with Gasteiger partial charge in [-0.25, -0.2) is 4.79 Å². The molecule has 1 heterocycles. The molecule has 5 nitrogen and oxygen atoms in total. The number of nitrogens with zero attached hydrogens (tertiary/aromatic N) is 1. The molecule has 2 aromatic carbocycles. The Labute approximate surface area is 158 Å². The topological polar surface area (TPSA) is 50.8 Å². The quantitative estimate of drug-likeness (QED) is 0.837. The second kappa shape index (κ2) is 8.36. The smallest absolute Gasteiger partial charge is 0.323 e. The maximum Gasteiger partial charge on any atom is 0.323 e. The molecule has 0 unspecified atom stereocenters. The number of hydrogen-bond donors (Lipinski definition) is 1. The van der Waals surface area contributed by atoms with E-state index < -0.39 is 0 Å². The van der Waals surface area contributed by atoms with Crippen LogP contribution in [0.25, 0.3) is 0 Å². The normalized spacial score (nSPS) is 16.4. The number of anilines is 1. The summed E-state index contributed by atoms with van der Waals surface area (Å²) < 4.78 is 11.0. The van der Waals surface area contributed by atoms with Crippen molar-refractivity contribution in [3.63, 3.8) is 0 Å². The molecule has 0 spiro atoms. The molecule has 2 amide bonds. The van der Waals surface area contributed by atoms with Crippen molar-refractivity contribution in [1.29, 1.82) is 0 Å². The fraction of sp³-hybridized carbons (Fsp3) is 0.350. The van der Waals surface area contributed by atoms with Crippen LogP contribution < -0.4 is 14.8 Å². The van der Waals surface area contributed by atoms with E-state index in [2.05, 4.69) is 12.2 Å². The van der Waals surface area contributed by atoms with Crippen molar-refractivity contribution < 1.29 is 14.3 Å². The van der Waals surface area contributed by atoms with Crippen molar-refractivity contribution in [2.75, 3.05) is 31.8 Å². The molecule has 1 atom stereocenters. The summed E-state index contributed by atoms with van der Waals surface area (Å²) in [4.78, 5) is 14.8. The van der Waals surface area contributed by atoms with Crippen molar-refractivity contribution >= 4 is 23.5 Å². The molecule has 0 aliphatic carbocycles. The Morgan fingerprint density at radius 1 is 1.19 bits per heavy atom. The first-order chi connectivity index (χ1) is 12.7. The highest BCUT2D eigenvalue weighted by molar-refractivity contribution is 7.99. The first kappa shape index (κ1) is 18.5. The number of carbonyl (C=O) groups excluding carboxylic acids is 1. The van der Waals surface area contributed by atoms with Crippen molar-refractivity contribution in [1.82, 2.24) is 4.90 Å². The minimum absolute atomic E-state index is 0.0919. The highest BCUT2D eigenvalue weighted by Crippen LogP contribution is 2.45. The van der Waals surface area contributed by atoms with Gasteiger partial charge in [0.2, 0.25) is 0 Å². The van der Waals surface area contributed by atoms with Crippen LogP contribution in [-0.4, -0.2) is 37.4 Å². The summed E-state index contributed by atoms with van der Waals surface area (Å²) in [6, 6.07) is 13.6. The minimum atomic E-state index is -0.103. The number of urea groups is 1. The van der Waals surface area contributed by atoms with Gasteiger partial charge in [0.15, 0.2) is 11.5 Å². The molecule has 0 radical (unpaired) electrons. The molecule has 0 bridgehead atoms. The Hall–Kier alpha value is -2.34. The van der Waals surface area contributed by atoms with Gasteiger partial charge in [0.1, 0.15) is 5.37 Å². The van der Waals surface area contributed by atoms with Crippen LogP contribution in [0, 0.1) is 0 Å². The molecule has 1 N–H and O–H groups in total. The van der Waals surface area contributed by atoms with Crippen LogP contribution in [-0.2, 0) is 6.42 Å². The summed E-state index contributed by atoms with van der Waals surface area (Å²) in [5, 5.41) is 2.97. The molecule has 26 heavy (non-hydrogen) atoms. The van der Waals surface area contributed by atoms with Crippen molar-refractivity contribution in [2.45, 2.75) is 18.7 Å². The number of hydrogen-bond acceptors (Lipinski definition) is 4. The third-order valence-corrected chi connectivity index (χ3v) is 5.73. The van der Waals surface area contributed by atoms with Gasteiger partial charge in [-0.15, -0.1) is 11.8 Å². The first-order valence-electron chi connectivity index (χ1n) is 8.67. The summed E-state index contributed by atoms with van der Waals surface area (Å²) in [6.45, 7) is 2.77. The second-order valence-corrected chi connectivity index (χ2v) is 7.13. The predicted octanol–water partition coefficient (Wildman–Crippen LogP) is 4.55. The molecule has 138 valence electrons. The Bertz CT molecular complexity index is 781. The van der Waals surface area contributed by atoms with Crippen LogP contribution in [0.1, 0.15) is 23.4 Å². The average Bonchev–Trinajstić information content (AvgIpc) is 3.17. The van der Waals surface area contributed by atoms with E-state index in [9.17, 15) is 4.79 Å². The van der Waals surface area contributed by atoms with Crippen LogP contribution >= 0.6 is 11.8 Å². The van der Waals surface area contributed by atoms with Crippen LogP contribution in [0.2, 0.25) is 0 Å². The van der Waals surface area contributed by atoms with Crippen LogP contribution in [0.5, 0.6) is 11.5 Å². The Balaban J connectivity index is 1.86. The van der Waals surface area contributed by atoms with E-state index >= 15 is 0 Å². The van der Waals surface area contributed by atoms with Gasteiger partial charge in [-0.1, -0.05) is 37.3 Å². The summed E-state index contributed by atoms with van der Waals surface area (Å²) in [6.07, 6.45) is 0.873. The summed E-state index contributed by atoms with van der Waals surface area (Å²) >= 11 is 1.73. The van der Waals surface area contributed by atoms with Gasteiger partial charge >= 0.3 is 6.03 Å². The molecule has 0 aromatic heterocycles. The minimum Gasteiger partial charge on any atom is -0.493 e. The summed E-state index contributed by atoms with van der Waals surface area (Å²) in [5.41, 5.74) is 2.95. The Morgan fingerprint density at radius 2 is 2.00 bits per heavy atom. The second-order valence-electron chi connectivity index (χ2n) is 5.94. The van der Waals surface area contributed by atoms with E-state index in [0.717, 1.165) is 29.0 Å². The van der Waals surface area contributed by atoms with Crippen LogP contribution in [0.3, 0.4) is 0 Å². The van der Waals surface area contributed by atoms with Gasteiger partial charge in [0.25, 0.3) is 0 Å².